The van der Waals surface area contributed by atoms with Crippen LogP contribution < -0.4 is 0 Å². The molecule has 1 aromatic heterocycles. The van der Waals surface area contributed by atoms with Crippen molar-refractivity contribution in [2.75, 3.05) is 13.1 Å². The van der Waals surface area contributed by atoms with E-state index in [1.165, 1.54) is 5.56 Å². The Labute approximate surface area is 136 Å². The molecule has 6 heteroatoms. The Morgan fingerprint density at radius 1 is 1.04 bits per heavy atom. The fourth-order valence-corrected chi connectivity index (χ4v) is 5.41. The zero-order chi connectivity index (χ0) is 15.9. The van der Waals surface area contributed by atoms with Crippen LogP contribution in [0.4, 0.5) is 0 Å². The van der Waals surface area contributed by atoms with Crippen LogP contribution in [0.2, 0.25) is 0 Å². The second-order valence-corrected chi connectivity index (χ2v) is 8.03. The van der Waals surface area contributed by atoms with Gasteiger partial charge in [0.1, 0.15) is 5.76 Å². The number of nitrogens with zero attached hydrogens (tertiary/aromatic N) is 2. The number of hydrogen-bond acceptors (Lipinski definition) is 3. The van der Waals surface area contributed by atoms with Crippen LogP contribution in [0.15, 0.2) is 47.1 Å². The quantitative estimate of drug-likeness (QED) is 0.868. The van der Waals surface area contributed by atoms with Gasteiger partial charge >= 0.3 is 0 Å². The van der Waals surface area contributed by atoms with Crippen LogP contribution in [-0.2, 0) is 23.2 Å². The summed E-state index contributed by atoms with van der Waals surface area (Å²) in [4.78, 5) is 0. The third-order valence-corrected chi connectivity index (χ3v) is 6.79. The van der Waals surface area contributed by atoms with E-state index in [2.05, 4.69) is 6.07 Å². The topological polar surface area (TPSA) is 53.8 Å². The van der Waals surface area contributed by atoms with Gasteiger partial charge in [0, 0.05) is 19.6 Å². The summed E-state index contributed by atoms with van der Waals surface area (Å²) >= 11 is 0. The van der Waals surface area contributed by atoms with Crippen LogP contribution in [0.3, 0.4) is 0 Å². The Morgan fingerprint density at radius 2 is 1.87 bits per heavy atom. The lowest BCUT2D eigenvalue weighted by molar-refractivity contribution is 0.294. The summed E-state index contributed by atoms with van der Waals surface area (Å²) in [5.41, 5.74) is 2.36. The molecule has 0 N–H and O–H groups in total. The maximum atomic E-state index is 13.1. The van der Waals surface area contributed by atoms with E-state index >= 15 is 0 Å². The Hall–Kier alpha value is -1.63. The molecule has 3 heterocycles. The predicted molar refractivity (Wildman–Crippen MR) is 86.9 cm³/mol. The SMILES string of the molecule is O=S(=O)(N1CCc2ccccc2C1)N1CCC[C@H]1c1ccco1. The van der Waals surface area contributed by atoms with Crippen molar-refractivity contribution in [3.63, 3.8) is 0 Å². The molecular weight excluding hydrogens is 312 g/mol. The maximum absolute atomic E-state index is 13.1. The van der Waals surface area contributed by atoms with Crippen molar-refractivity contribution < 1.29 is 12.8 Å². The van der Waals surface area contributed by atoms with Crippen molar-refractivity contribution in [1.82, 2.24) is 8.61 Å². The summed E-state index contributed by atoms with van der Waals surface area (Å²) in [6, 6.07) is 11.6. The highest BCUT2D eigenvalue weighted by Gasteiger charge is 2.40. The van der Waals surface area contributed by atoms with Crippen LogP contribution >= 0.6 is 0 Å². The van der Waals surface area contributed by atoms with Crippen molar-refractivity contribution in [1.29, 1.82) is 0 Å². The molecule has 4 rings (SSSR count). The second-order valence-electron chi connectivity index (χ2n) is 6.14. The molecule has 0 spiro atoms. The lowest BCUT2D eigenvalue weighted by Crippen LogP contribution is -2.45. The van der Waals surface area contributed by atoms with E-state index in [-0.39, 0.29) is 6.04 Å². The molecule has 5 nitrogen and oxygen atoms in total. The van der Waals surface area contributed by atoms with E-state index in [0.717, 1.165) is 30.6 Å². The molecule has 1 aromatic carbocycles. The first-order valence-corrected chi connectivity index (χ1v) is 9.43. The standard InChI is InChI=1S/C17H20N2O3S/c20-23(21,18-11-9-14-5-1-2-6-15(14)13-18)19-10-3-7-16(19)17-8-4-12-22-17/h1-2,4-6,8,12,16H,3,7,9-11,13H2/t16-/m0/s1. The summed E-state index contributed by atoms with van der Waals surface area (Å²) in [5, 5.41) is 0. The monoisotopic (exact) mass is 332 g/mol. The number of benzene rings is 1. The summed E-state index contributed by atoms with van der Waals surface area (Å²) in [6.07, 6.45) is 4.07. The highest BCUT2D eigenvalue weighted by Crippen LogP contribution is 2.36. The van der Waals surface area contributed by atoms with Crippen molar-refractivity contribution in [2.45, 2.75) is 31.8 Å². The minimum atomic E-state index is -3.47. The molecule has 1 fully saturated rings. The highest BCUT2D eigenvalue weighted by molar-refractivity contribution is 7.86. The fourth-order valence-electron chi connectivity index (χ4n) is 3.60. The van der Waals surface area contributed by atoms with Gasteiger partial charge < -0.3 is 4.42 Å². The summed E-state index contributed by atoms with van der Waals surface area (Å²) in [7, 11) is -3.47. The van der Waals surface area contributed by atoms with Gasteiger partial charge in [0.15, 0.2) is 0 Å². The molecule has 2 aromatic rings. The van der Waals surface area contributed by atoms with Crippen LogP contribution in [-0.4, -0.2) is 30.1 Å². The molecular formula is C17H20N2O3S. The molecule has 1 saturated heterocycles. The first-order chi connectivity index (χ1) is 11.2. The van der Waals surface area contributed by atoms with E-state index in [4.69, 9.17) is 4.42 Å². The molecule has 2 aliphatic rings. The molecule has 0 amide bonds. The average Bonchev–Trinajstić information content (AvgIpc) is 3.25. The van der Waals surface area contributed by atoms with Gasteiger partial charge in [0.2, 0.25) is 0 Å². The van der Waals surface area contributed by atoms with E-state index < -0.39 is 10.2 Å². The first-order valence-electron chi connectivity index (χ1n) is 8.03. The Balaban J connectivity index is 1.61. The predicted octanol–water partition coefficient (Wildman–Crippen LogP) is 2.72. The Morgan fingerprint density at radius 3 is 2.65 bits per heavy atom. The van der Waals surface area contributed by atoms with Crippen LogP contribution in [0.1, 0.15) is 35.8 Å². The molecule has 0 saturated carbocycles. The Bertz CT molecular complexity index is 786. The smallest absolute Gasteiger partial charge is 0.282 e. The lowest BCUT2D eigenvalue weighted by Gasteiger charge is -2.33. The Kier molecular flexibility index (Phi) is 3.75. The largest absolute Gasteiger partial charge is 0.468 e. The van der Waals surface area contributed by atoms with E-state index in [0.29, 0.717) is 19.6 Å². The third-order valence-electron chi connectivity index (χ3n) is 4.79. The molecule has 122 valence electrons. The first kappa shape index (κ1) is 14.9. The average molecular weight is 332 g/mol. The number of furan rings is 1. The van der Waals surface area contributed by atoms with Crippen LogP contribution in [0, 0.1) is 0 Å². The fraction of sp³-hybridized carbons (Fsp3) is 0.412. The van der Waals surface area contributed by atoms with Gasteiger partial charge in [0.05, 0.1) is 12.3 Å². The summed E-state index contributed by atoms with van der Waals surface area (Å²) < 4.78 is 34.9. The van der Waals surface area contributed by atoms with Crippen molar-refractivity contribution >= 4 is 10.2 Å². The van der Waals surface area contributed by atoms with Gasteiger partial charge in [-0.15, -0.1) is 0 Å². The van der Waals surface area contributed by atoms with Gasteiger partial charge in [-0.3, -0.25) is 0 Å². The minimum Gasteiger partial charge on any atom is -0.468 e. The molecule has 0 aliphatic carbocycles. The maximum Gasteiger partial charge on any atom is 0.282 e. The van der Waals surface area contributed by atoms with Crippen molar-refractivity contribution in [3.05, 3.63) is 59.5 Å². The highest BCUT2D eigenvalue weighted by atomic mass is 32.2. The normalized spacial score (nSPS) is 23.0. The van der Waals surface area contributed by atoms with Crippen LogP contribution in [0.25, 0.3) is 0 Å². The number of rotatable bonds is 3. The molecule has 0 radical (unpaired) electrons. The van der Waals surface area contributed by atoms with Gasteiger partial charge in [-0.05, 0) is 42.5 Å². The molecule has 2 aliphatic heterocycles. The summed E-state index contributed by atoms with van der Waals surface area (Å²) in [6.45, 7) is 1.56. The van der Waals surface area contributed by atoms with E-state index in [1.807, 2.05) is 30.3 Å². The molecule has 0 bridgehead atoms. The minimum absolute atomic E-state index is 0.174. The number of hydrogen-bond donors (Lipinski definition) is 0. The zero-order valence-corrected chi connectivity index (χ0v) is 13.7. The molecule has 0 unspecified atom stereocenters. The van der Waals surface area contributed by atoms with E-state index in [1.54, 1.807) is 14.9 Å². The van der Waals surface area contributed by atoms with Gasteiger partial charge in [-0.2, -0.15) is 17.0 Å². The second kappa shape index (κ2) is 5.78. The lowest BCUT2D eigenvalue weighted by atomic mass is 10.0. The van der Waals surface area contributed by atoms with Crippen molar-refractivity contribution in [2.24, 2.45) is 0 Å². The zero-order valence-electron chi connectivity index (χ0n) is 12.9. The molecule has 23 heavy (non-hydrogen) atoms. The van der Waals surface area contributed by atoms with Gasteiger partial charge in [0.25, 0.3) is 10.2 Å². The van der Waals surface area contributed by atoms with Gasteiger partial charge in [-0.1, -0.05) is 24.3 Å². The van der Waals surface area contributed by atoms with Gasteiger partial charge in [-0.25, -0.2) is 0 Å². The number of fused-ring (bicyclic) bond motifs is 1. The van der Waals surface area contributed by atoms with Crippen molar-refractivity contribution in [3.8, 4) is 0 Å². The third kappa shape index (κ3) is 2.60. The summed E-state index contributed by atoms with van der Waals surface area (Å²) in [5.74, 6) is 0.739. The van der Waals surface area contributed by atoms with E-state index in [9.17, 15) is 8.42 Å². The molecule has 1 atom stereocenters. The van der Waals surface area contributed by atoms with Crippen LogP contribution in [0.5, 0.6) is 0 Å².